The zero-order valence-corrected chi connectivity index (χ0v) is 10.4. The Labute approximate surface area is 96.1 Å². The average Bonchev–Trinajstić information content (AvgIpc) is 2.69. The Bertz CT molecular complexity index is 284. The van der Waals surface area contributed by atoms with E-state index >= 15 is 0 Å². The van der Waals surface area contributed by atoms with Crippen LogP contribution in [0.25, 0.3) is 0 Å². The van der Waals surface area contributed by atoms with Crippen LogP contribution >= 0.6 is 11.3 Å². The van der Waals surface area contributed by atoms with Crippen LogP contribution in [0.5, 0.6) is 0 Å². The molecule has 3 atom stereocenters. The topological polar surface area (TPSA) is 24.9 Å². The van der Waals surface area contributed by atoms with Gasteiger partial charge in [0.2, 0.25) is 0 Å². The third-order valence-electron chi connectivity index (χ3n) is 3.43. The first-order valence-corrected chi connectivity index (χ1v) is 6.75. The Hall–Kier alpha value is -0.410. The van der Waals surface area contributed by atoms with Crippen molar-refractivity contribution in [3.05, 3.63) is 16.6 Å². The van der Waals surface area contributed by atoms with Crippen molar-refractivity contribution in [3.8, 4) is 0 Å². The van der Waals surface area contributed by atoms with E-state index < -0.39 is 0 Å². The quantitative estimate of drug-likeness (QED) is 0.853. The normalized spacial score (nSPS) is 31.7. The van der Waals surface area contributed by atoms with Gasteiger partial charge in [-0.15, -0.1) is 11.3 Å². The lowest BCUT2D eigenvalue weighted by Crippen LogP contribution is -2.38. The Morgan fingerprint density at radius 3 is 3.00 bits per heavy atom. The third kappa shape index (κ3) is 3.02. The molecule has 1 aromatic heterocycles. The minimum atomic E-state index is 0.699. The molecule has 0 radical (unpaired) electrons. The smallest absolute Gasteiger partial charge is 0.106 e. The molecule has 84 valence electrons. The zero-order valence-electron chi connectivity index (χ0n) is 9.57. The Kier molecular flexibility index (Phi) is 3.76. The summed E-state index contributed by atoms with van der Waals surface area (Å²) < 4.78 is 0. The van der Waals surface area contributed by atoms with Crippen LogP contribution in [0.4, 0.5) is 0 Å². The van der Waals surface area contributed by atoms with Gasteiger partial charge in [0.05, 0.1) is 0 Å². The number of rotatable bonds is 3. The van der Waals surface area contributed by atoms with Gasteiger partial charge in [-0.05, 0) is 31.1 Å². The highest BCUT2D eigenvalue weighted by molar-refractivity contribution is 7.09. The van der Waals surface area contributed by atoms with Crippen LogP contribution in [0.1, 0.15) is 38.1 Å². The van der Waals surface area contributed by atoms with Gasteiger partial charge in [-0.25, -0.2) is 4.98 Å². The first-order valence-electron chi connectivity index (χ1n) is 5.87. The van der Waals surface area contributed by atoms with Crippen molar-refractivity contribution in [2.24, 2.45) is 11.8 Å². The SMILES string of the molecule is CC1CCC(NCc2nccs2)C(C)C1. The minimum Gasteiger partial charge on any atom is -0.307 e. The highest BCUT2D eigenvalue weighted by Gasteiger charge is 2.24. The van der Waals surface area contributed by atoms with Crippen LogP contribution in [0.15, 0.2) is 11.6 Å². The second-order valence-corrected chi connectivity index (χ2v) is 5.79. The average molecular weight is 224 g/mol. The van der Waals surface area contributed by atoms with Gasteiger partial charge >= 0.3 is 0 Å². The molecule has 0 aromatic carbocycles. The van der Waals surface area contributed by atoms with Crippen LogP contribution in [-0.4, -0.2) is 11.0 Å². The number of nitrogens with one attached hydrogen (secondary N) is 1. The molecule has 1 saturated carbocycles. The Morgan fingerprint density at radius 2 is 2.33 bits per heavy atom. The Morgan fingerprint density at radius 1 is 1.47 bits per heavy atom. The number of thiazole rings is 1. The number of hydrogen-bond acceptors (Lipinski definition) is 3. The molecule has 2 rings (SSSR count). The van der Waals surface area contributed by atoms with Gasteiger partial charge in [0.15, 0.2) is 0 Å². The fraction of sp³-hybridized carbons (Fsp3) is 0.750. The minimum absolute atomic E-state index is 0.699. The molecule has 0 saturated heterocycles. The fourth-order valence-electron chi connectivity index (χ4n) is 2.53. The number of hydrogen-bond donors (Lipinski definition) is 1. The number of nitrogens with zero attached hydrogens (tertiary/aromatic N) is 1. The van der Waals surface area contributed by atoms with Crippen molar-refractivity contribution in [1.82, 2.24) is 10.3 Å². The molecule has 0 bridgehead atoms. The highest BCUT2D eigenvalue weighted by atomic mass is 32.1. The van der Waals surface area contributed by atoms with Gasteiger partial charge in [-0.1, -0.05) is 13.8 Å². The van der Waals surface area contributed by atoms with E-state index in [0.717, 1.165) is 18.4 Å². The molecule has 0 amide bonds. The largest absolute Gasteiger partial charge is 0.307 e. The zero-order chi connectivity index (χ0) is 10.7. The second-order valence-electron chi connectivity index (χ2n) is 4.81. The Balaban J connectivity index is 1.79. The molecule has 1 aliphatic carbocycles. The second kappa shape index (κ2) is 5.08. The van der Waals surface area contributed by atoms with Crippen LogP contribution in [0.3, 0.4) is 0 Å². The number of aromatic nitrogens is 1. The van der Waals surface area contributed by atoms with Gasteiger partial charge in [0.1, 0.15) is 5.01 Å². The third-order valence-corrected chi connectivity index (χ3v) is 4.21. The molecule has 0 aliphatic heterocycles. The van der Waals surface area contributed by atoms with Crippen LogP contribution in [-0.2, 0) is 6.54 Å². The van der Waals surface area contributed by atoms with E-state index in [1.807, 2.05) is 11.6 Å². The van der Waals surface area contributed by atoms with Crippen molar-refractivity contribution >= 4 is 11.3 Å². The molecule has 15 heavy (non-hydrogen) atoms. The molecule has 1 aliphatic rings. The summed E-state index contributed by atoms with van der Waals surface area (Å²) in [5, 5.41) is 6.90. The van der Waals surface area contributed by atoms with E-state index in [9.17, 15) is 0 Å². The maximum Gasteiger partial charge on any atom is 0.106 e. The molecule has 1 aromatic rings. The lowest BCUT2D eigenvalue weighted by molar-refractivity contribution is 0.227. The van der Waals surface area contributed by atoms with E-state index in [2.05, 4.69) is 24.1 Å². The van der Waals surface area contributed by atoms with Crippen molar-refractivity contribution in [1.29, 1.82) is 0 Å². The molecule has 3 heteroatoms. The van der Waals surface area contributed by atoms with E-state index in [-0.39, 0.29) is 0 Å². The van der Waals surface area contributed by atoms with E-state index in [1.165, 1.54) is 24.3 Å². The summed E-state index contributed by atoms with van der Waals surface area (Å²) in [6.45, 7) is 5.68. The monoisotopic (exact) mass is 224 g/mol. The summed E-state index contributed by atoms with van der Waals surface area (Å²) in [4.78, 5) is 4.30. The lowest BCUT2D eigenvalue weighted by atomic mass is 9.80. The summed E-state index contributed by atoms with van der Waals surface area (Å²) in [6.07, 6.45) is 5.96. The highest BCUT2D eigenvalue weighted by Crippen LogP contribution is 2.28. The van der Waals surface area contributed by atoms with Crippen LogP contribution in [0.2, 0.25) is 0 Å². The molecule has 0 spiro atoms. The van der Waals surface area contributed by atoms with Crippen molar-refractivity contribution in [2.75, 3.05) is 0 Å². The maximum atomic E-state index is 4.30. The van der Waals surface area contributed by atoms with E-state index in [4.69, 9.17) is 0 Å². The predicted octanol–water partition coefficient (Wildman–Crippen LogP) is 3.06. The van der Waals surface area contributed by atoms with Gasteiger partial charge in [0.25, 0.3) is 0 Å². The summed E-state index contributed by atoms with van der Waals surface area (Å²) in [6, 6.07) is 0.699. The summed E-state index contributed by atoms with van der Waals surface area (Å²) in [5.41, 5.74) is 0. The van der Waals surface area contributed by atoms with Gasteiger partial charge in [0, 0.05) is 24.2 Å². The molecule has 1 heterocycles. The van der Waals surface area contributed by atoms with Crippen molar-refractivity contribution in [2.45, 2.75) is 45.7 Å². The molecule has 1 fully saturated rings. The molecular formula is C12H20N2S. The predicted molar refractivity (Wildman–Crippen MR) is 64.9 cm³/mol. The standard InChI is InChI=1S/C12H20N2S/c1-9-3-4-11(10(2)7-9)14-8-12-13-5-6-15-12/h5-6,9-11,14H,3-4,7-8H2,1-2H3. The first-order chi connectivity index (χ1) is 7.25. The summed E-state index contributed by atoms with van der Waals surface area (Å²) >= 11 is 1.74. The molecule has 1 N–H and O–H groups in total. The van der Waals surface area contributed by atoms with Crippen molar-refractivity contribution < 1.29 is 0 Å². The molecule has 2 nitrogen and oxygen atoms in total. The van der Waals surface area contributed by atoms with Crippen molar-refractivity contribution in [3.63, 3.8) is 0 Å². The van der Waals surface area contributed by atoms with E-state index in [1.54, 1.807) is 11.3 Å². The van der Waals surface area contributed by atoms with Gasteiger partial charge < -0.3 is 5.32 Å². The van der Waals surface area contributed by atoms with Gasteiger partial charge in [-0.2, -0.15) is 0 Å². The first kappa shape index (κ1) is 11.1. The summed E-state index contributed by atoms with van der Waals surface area (Å²) in [5.74, 6) is 1.73. The fourth-order valence-corrected chi connectivity index (χ4v) is 3.09. The van der Waals surface area contributed by atoms with Crippen LogP contribution < -0.4 is 5.32 Å². The van der Waals surface area contributed by atoms with Gasteiger partial charge in [-0.3, -0.25) is 0 Å². The van der Waals surface area contributed by atoms with E-state index in [0.29, 0.717) is 6.04 Å². The van der Waals surface area contributed by atoms with Crippen LogP contribution in [0, 0.1) is 11.8 Å². The molecule has 3 unspecified atom stereocenters. The molecular weight excluding hydrogens is 204 g/mol. The lowest BCUT2D eigenvalue weighted by Gasteiger charge is -2.33. The maximum absolute atomic E-state index is 4.30. The summed E-state index contributed by atoms with van der Waals surface area (Å²) in [7, 11) is 0.